The lowest BCUT2D eigenvalue weighted by molar-refractivity contribution is -0.138. The van der Waals surface area contributed by atoms with Crippen molar-refractivity contribution in [2.24, 2.45) is 5.92 Å². The fourth-order valence-electron chi connectivity index (χ4n) is 3.63. The van der Waals surface area contributed by atoms with Crippen LogP contribution in [0, 0.1) is 5.92 Å². The number of nitrogens with one attached hydrogen (secondary N) is 1. The third-order valence-electron chi connectivity index (χ3n) is 5.61. The SMILES string of the molecule is C=C([C@H](C)[C@H](NC(=O)OC(C)(C)C)C(=O)N1CCOCC1)[Si](C)(C)c1ccccc1. The molecule has 1 aromatic rings. The van der Waals surface area contributed by atoms with Crippen LogP contribution in [0.2, 0.25) is 13.1 Å². The van der Waals surface area contributed by atoms with Crippen molar-refractivity contribution in [1.82, 2.24) is 10.2 Å². The van der Waals surface area contributed by atoms with Crippen LogP contribution >= 0.6 is 0 Å². The van der Waals surface area contributed by atoms with E-state index in [9.17, 15) is 9.59 Å². The molecule has 1 heterocycles. The number of hydrogen-bond acceptors (Lipinski definition) is 4. The van der Waals surface area contributed by atoms with Crippen LogP contribution < -0.4 is 10.5 Å². The summed E-state index contributed by atoms with van der Waals surface area (Å²) in [5.74, 6) is -0.356. The second kappa shape index (κ2) is 9.79. The number of amides is 2. The van der Waals surface area contributed by atoms with E-state index < -0.39 is 25.8 Å². The zero-order chi connectivity index (χ0) is 22.5. The number of rotatable bonds is 6. The molecule has 2 amide bonds. The third kappa shape index (κ3) is 6.19. The van der Waals surface area contributed by atoms with E-state index in [-0.39, 0.29) is 11.8 Å². The van der Waals surface area contributed by atoms with E-state index in [4.69, 9.17) is 9.47 Å². The van der Waals surface area contributed by atoms with Crippen molar-refractivity contribution < 1.29 is 19.1 Å². The average molecular weight is 433 g/mol. The van der Waals surface area contributed by atoms with Gasteiger partial charge in [0.05, 0.1) is 13.2 Å². The molecule has 0 spiro atoms. The fourth-order valence-corrected chi connectivity index (χ4v) is 6.33. The third-order valence-corrected chi connectivity index (χ3v) is 9.45. The molecule has 166 valence electrons. The van der Waals surface area contributed by atoms with Gasteiger partial charge in [-0.1, -0.05) is 60.7 Å². The van der Waals surface area contributed by atoms with Gasteiger partial charge in [-0.15, -0.1) is 6.58 Å². The van der Waals surface area contributed by atoms with Crippen molar-refractivity contribution in [2.75, 3.05) is 26.3 Å². The highest BCUT2D eigenvalue weighted by Crippen LogP contribution is 2.26. The van der Waals surface area contributed by atoms with Crippen molar-refractivity contribution in [1.29, 1.82) is 0 Å². The van der Waals surface area contributed by atoms with Gasteiger partial charge >= 0.3 is 6.09 Å². The quantitative estimate of drug-likeness (QED) is 0.702. The van der Waals surface area contributed by atoms with E-state index in [2.05, 4.69) is 37.1 Å². The summed E-state index contributed by atoms with van der Waals surface area (Å²) in [6, 6.07) is 9.54. The first-order chi connectivity index (χ1) is 13.9. The largest absolute Gasteiger partial charge is 0.444 e. The molecule has 7 heteroatoms. The molecule has 1 aromatic carbocycles. The Morgan fingerprint density at radius 2 is 1.73 bits per heavy atom. The second-order valence-electron chi connectivity index (χ2n) is 9.37. The number of morpholine rings is 1. The molecular weight excluding hydrogens is 396 g/mol. The smallest absolute Gasteiger partial charge is 0.408 e. The molecule has 1 saturated heterocycles. The minimum atomic E-state index is -2.08. The highest BCUT2D eigenvalue weighted by atomic mass is 28.3. The molecule has 0 aliphatic carbocycles. The van der Waals surface area contributed by atoms with Gasteiger partial charge in [-0.25, -0.2) is 4.79 Å². The van der Waals surface area contributed by atoms with E-state index in [1.807, 2.05) is 25.1 Å². The molecule has 0 unspecified atom stereocenters. The first kappa shape index (κ1) is 24.1. The number of carbonyl (C=O) groups is 2. The number of alkyl carbamates (subject to hydrolysis) is 1. The minimum Gasteiger partial charge on any atom is -0.444 e. The summed E-state index contributed by atoms with van der Waals surface area (Å²) in [4.78, 5) is 27.7. The Kier molecular flexibility index (Phi) is 7.88. The average Bonchev–Trinajstić information content (AvgIpc) is 2.70. The number of benzene rings is 1. The van der Waals surface area contributed by atoms with E-state index in [1.54, 1.807) is 25.7 Å². The molecule has 1 N–H and O–H groups in total. The number of hydrogen-bond donors (Lipinski definition) is 1. The van der Waals surface area contributed by atoms with Crippen LogP contribution in [0.3, 0.4) is 0 Å². The van der Waals surface area contributed by atoms with E-state index in [0.29, 0.717) is 26.3 Å². The van der Waals surface area contributed by atoms with Crippen LogP contribution in [0.1, 0.15) is 27.7 Å². The highest BCUT2D eigenvalue weighted by molar-refractivity contribution is 6.95. The van der Waals surface area contributed by atoms with Crippen LogP contribution in [-0.4, -0.2) is 62.9 Å². The van der Waals surface area contributed by atoms with Gasteiger partial charge < -0.3 is 19.7 Å². The van der Waals surface area contributed by atoms with E-state index in [1.165, 1.54) is 5.19 Å². The fraction of sp³-hybridized carbons (Fsp3) is 0.565. The summed E-state index contributed by atoms with van der Waals surface area (Å²) in [5, 5.41) is 5.10. The Morgan fingerprint density at radius 1 is 1.17 bits per heavy atom. The van der Waals surface area contributed by atoms with Crippen LogP contribution in [0.25, 0.3) is 0 Å². The summed E-state index contributed by atoms with van der Waals surface area (Å²) < 4.78 is 10.8. The predicted octanol–water partition coefficient (Wildman–Crippen LogP) is 3.09. The summed E-state index contributed by atoms with van der Waals surface area (Å²) in [5.41, 5.74) is -0.644. The van der Waals surface area contributed by atoms with E-state index in [0.717, 1.165) is 5.20 Å². The predicted molar refractivity (Wildman–Crippen MR) is 122 cm³/mol. The Hall–Kier alpha value is -2.12. The Labute approximate surface area is 181 Å². The summed E-state index contributed by atoms with van der Waals surface area (Å²) in [6.45, 7) is 18.3. The standard InChI is InChI=1S/C23H36N2O4Si/c1-17(18(2)30(6,7)19-11-9-8-10-12-19)20(24-22(27)29-23(3,4)5)21(26)25-13-15-28-16-14-25/h8-12,17,20H,2,13-16H2,1,3-7H3,(H,24,27)/t17-,20-/m0/s1. The Morgan fingerprint density at radius 3 is 2.27 bits per heavy atom. The molecule has 1 fully saturated rings. The van der Waals surface area contributed by atoms with Gasteiger partial charge in [-0.3, -0.25) is 4.79 Å². The minimum absolute atomic E-state index is 0.115. The highest BCUT2D eigenvalue weighted by Gasteiger charge is 2.39. The number of nitrogens with zero attached hydrogens (tertiary/aromatic N) is 1. The topological polar surface area (TPSA) is 67.9 Å². The monoisotopic (exact) mass is 432 g/mol. The summed E-state index contributed by atoms with van der Waals surface area (Å²) >= 11 is 0. The summed E-state index contributed by atoms with van der Waals surface area (Å²) in [6.07, 6.45) is -0.590. The van der Waals surface area contributed by atoms with Crippen LogP contribution in [-0.2, 0) is 14.3 Å². The maximum atomic E-state index is 13.4. The molecule has 0 aromatic heterocycles. The van der Waals surface area contributed by atoms with Gasteiger partial charge in [0.2, 0.25) is 5.91 Å². The van der Waals surface area contributed by atoms with Crippen molar-refractivity contribution in [3.8, 4) is 0 Å². The molecule has 0 radical (unpaired) electrons. The first-order valence-corrected chi connectivity index (χ1v) is 13.5. The van der Waals surface area contributed by atoms with Crippen LogP contribution in [0.4, 0.5) is 4.79 Å². The van der Waals surface area contributed by atoms with Gasteiger partial charge in [0.25, 0.3) is 0 Å². The maximum absolute atomic E-state index is 13.4. The molecule has 0 saturated carbocycles. The van der Waals surface area contributed by atoms with Crippen molar-refractivity contribution >= 4 is 25.3 Å². The number of carbonyl (C=O) groups excluding carboxylic acids is 2. The second-order valence-corrected chi connectivity index (χ2v) is 13.8. The van der Waals surface area contributed by atoms with Gasteiger partial charge in [-0.05, 0) is 20.8 Å². The van der Waals surface area contributed by atoms with Crippen LogP contribution in [0.5, 0.6) is 0 Å². The molecular formula is C23H36N2O4Si. The molecule has 2 rings (SSSR count). The van der Waals surface area contributed by atoms with Crippen molar-refractivity contribution in [2.45, 2.75) is 52.4 Å². The normalized spacial score (nSPS) is 17.1. The molecule has 6 nitrogen and oxygen atoms in total. The molecule has 1 aliphatic heterocycles. The Bertz CT molecular complexity index is 752. The Balaban J connectivity index is 2.28. The van der Waals surface area contributed by atoms with Gasteiger partial charge in [-0.2, -0.15) is 0 Å². The van der Waals surface area contributed by atoms with Crippen molar-refractivity contribution in [3.05, 3.63) is 42.1 Å². The molecule has 30 heavy (non-hydrogen) atoms. The first-order valence-electron chi connectivity index (χ1n) is 10.5. The van der Waals surface area contributed by atoms with Gasteiger partial charge in [0.15, 0.2) is 0 Å². The molecule has 0 bridgehead atoms. The molecule has 2 atom stereocenters. The van der Waals surface area contributed by atoms with Gasteiger partial charge in [0, 0.05) is 19.0 Å². The lowest BCUT2D eigenvalue weighted by Crippen LogP contribution is -2.57. The van der Waals surface area contributed by atoms with E-state index >= 15 is 0 Å². The zero-order valence-corrected chi connectivity index (χ0v) is 20.2. The van der Waals surface area contributed by atoms with Crippen molar-refractivity contribution in [3.63, 3.8) is 0 Å². The molecule has 1 aliphatic rings. The lowest BCUT2D eigenvalue weighted by Gasteiger charge is -2.37. The maximum Gasteiger partial charge on any atom is 0.408 e. The van der Waals surface area contributed by atoms with Crippen LogP contribution in [0.15, 0.2) is 42.1 Å². The zero-order valence-electron chi connectivity index (χ0n) is 19.2. The summed E-state index contributed by atoms with van der Waals surface area (Å²) in [7, 11) is -2.08. The van der Waals surface area contributed by atoms with Gasteiger partial charge in [0.1, 0.15) is 19.7 Å². The lowest BCUT2D eigenvalue weighted by atomic mass is 10.00. The number of ether oxygens (including phenoxy) is 2.